The van der Waals surface area contributed by atoms with Crippen molar-refractivity contribution in [2.24, 2.45) is 5.92 Å². The molecule has 0 aliphatic carbocycles. The van der Waals surface area contributed by atoms with Crippen molar-refractivity contribution in [3.63, 3.8) is 0 Å². The molecule has 29 heavy (non-hydrogen) atoms. The Morgan fingerprint density at radius 2 is 1.86 bits per heavy atom. The molecule has 3 aliphatic heterocycles. The molecule has 1 unspecified atom stereocenters. The summed E-state index contributed by atoms with van der Waals surface area (Å²) in [5.74, 6) is 0.600. The normalized spacial score (nSPS) is 27.3. The number of fused-ring (bicyclic) bond motifs is 4. The predicted octanol–water partition coefficient (Wildman–Crippen LogP) is 4.54. The van der Waals surface area contributed by atoms with E-state index in [1.807, 2.05) is 18.2 Å². The second kappa shape index (κ2) is 7.83. The molecule has 2 saturated heterocycles. The van der Waals surface area contributed by atoms with Crippen molar-refractivity contribution < 1.29 is 4.79 Å². The van der Waals surface area contributed by atoms with E-state index in [-0.39, 0.29) is 12.1 Å². The quantitative estimate of drug-likeness (QED) is 0.818. The van der Waals surface area contributed by atoms with Crippen LogP contribution in [0.25, 0.3) is 0 Å². The molecule has 3 heterocycles. The summed E-state index contributed by atoms with van der Waals surface area (Å²) >= 11 is 0. The van der Waals surface area contributed by atoms with Crippen LogP contribution in [0.5, 0.6) is 0 Å². The molecule has 0 spiro atoms. The number of nitrogens with one attached hydrogen (secondary N) is 1. The lowest BCUT2D eigenvalue weighted by Crippen LogP contribution is -2.59. The predicted molar refractivity (Wildman–Crippen MR) is 116 cm³/mol. The zero-order chi connectivity index (χ0) is 19.8. The Kier molecular flexibility index (Phi) is 5.04. The molecular weight excluding hydrogens is 358 g/mol. The summed E-state index contributed by atoms with van der Waals surface area (Å²) < 4.78 is 0. The second-order valence-electron chi connectivity index (χ2n) is 8.94. The highest BCUT2D eigenvalue weighted by Crippen LogP contribution is 2.42. The molecule has 2 aromatic rings. The minimum Gasteiger partial charge on any atom is -0.331 e. The first-order chi connectivity index (χ1) is 14.2. The van der Waals surface area contributed by atoms with Crippen molar-refractivity contribution in [3.8, 4) is 0 Å². The van der Waals surface area contributed by atoms with E-state index >= 15 is 0 Å². The first-order valence-electron chi connectivity index (χ1n) is 11.1. The smallest absolute Gasteiger partial charge is 0.318 e. The number of rotatable bonds is 2. The standard InChI is InChI=1S/C25H31N3O/c1-18(19-8-3-2-4-9-19)26-25(29)28-14-7-11-21-17-27-15-13-20-10-5-6-12-22(20)24(27)16-23(21)28/h2-6,8-10,12,18,21,23-24H,7,11,13-17H2,1H3,(H,26,29)/t18?,21-,23+,24+/m1/s1. The van der Waals surface area contributed by atoms with E-state index in [2.05, 4.69) is 58.4 Å². The number of benzene rings is 2. The number of hydrogen-bond acceptors (Lipinski definition) is 2. The van der Waals surface area contributed by atoms with Gasteiger partial charge in [-0.3, -0.25) is 4.90 Å². The lowest BCUT2D eigenvalue weighted by molar-refractivity contribution is 0.00533. The van der Waals surface area contributed by atoms with E-state index in [1.54, 1.807) is 0 Å². The van der Waals surface area contributed by atoms with Gasteiger partial charge in [-0.05, 0) is 55.2 Å². The van der Waals surface area contributed by atoms with Gasteiger partial charge in [0.05, 0.1) is 6.04 Å². The van der Waals surface area contributed by atoms with Gasteiger partial charge in [0.2, 0.25) is 0 Å². The molecule has 2 amide bonds. The van der Waals surface area contributed by atoms with Crippen molar-refractivity contribution in [1.82, 2.24) is 15.1 Å². The molecule has 4 atom stereocenters. The number of amides is 2. The minimum atomic E-state index is 0.0274. The zero-order valence-electron chi connectivity index (χ0n) is 17.3. The number of carbonyl (C=O) groups excluding carboxylic acids is 1. The van der Waals surface area contributed by atoms with Crippen molar-refractivity contribution >= 4 is 6.03 Å². The number of likely N-dealkylation sites (tertiary alicyclic amines) is 1. The molecule has 152 valence electrons. The topological polar surface area (TPSA) is 35.6 Å². The summed E-state index contributed by atoms with van der Waals surface area (Å²) in [5.41, 5.74) is 4.14. The maximum absolute atomic E-state index is 13.2. The van der Waals surface area contributed by atoms with E-state index in [1.165, 1.54) is 17.5 Å². The monoisotopic (exact) mass is 389 g/mol. The first-order valence-corrected chi connectivity index (χ1v) is 11.1. The van der Waals surface area contributed by atoms with Crippen molar-refractivity contribution in [3.05, 3.63) is 71.3 Å². The van der Waals surface area contributed by atoms with Gasteiger partial charge in [-0.15, -0.1) is 0 Å². The first kappa shape index (κ1) is 18.7. The summed E-state index contributed by atoms with van der Waals surface area (Å²) in [7, 11) is 0. The number of carbonyl (C=O) groups is 1. The third-order valence-electron chi connectivity index (χ3n) is 7.28. The third-order valence-corrected chi connectivity index (χ3v) is 7.28. The third kappa shape index (κ3) is 3.55. The van der Waals surface area contributed by atoms with Gasteiger partial charge >= 0.3 is 6.03 Å². The van der Waals surface area contributed by atoms with Crippen molar-refractivity contribution in [1.29, 1.82) is 0 Å². The Hall–Kier alpha value is -2.33. The number of hydrogen-bond donors (Lipinski definition) is 1. The van der Waals surface area contributed by atoms with Gasteiger partial charge in [-0.1, -0.05) is 54.6 Å². The van der Waals surface area contributed by atoms with Crippen LogP contribution in [0.2, 0.25) is 0 Å². The molecule has 4 nitrogen and oxygen atoms in total. The second-order valence-corrected chi connectivity index (χ2v) is 8.94. The van der Waals surface area contributed by atoms with E-state index < -0.39 is 0 Å². The zero-order valence-corrected chi connectivity index (χ0v) is 17.3. The summed E-state index contributed by atoms with van der Waals surface area (Å²) in [4.78, 5) is 18.1. The Balaban J connectivity index is 1.34. The van der Waals surface area contributed by atoms with Crippen LogP contribution in [-0.4, -0.2) is 41.5 Å². The summed E-state index contributed by atoms with van der Waals surface area (Å²) in [5, 5.41) is 3.26. The van der Waals surface area contributed by atoms with E-state index in [0.29, 0.717) is 18.0 Å². The average molecular weight is 390 g/mol. The van der Waals surface area contributed by atoms with Crippen LogP contribution in [-0.2, 0) is 6.42 Å². The fourth-order valence-electron chi connectivity index (χ4n) is 5.74. The van der Waals surface area contributed by atoms with E-state index in [0.717, 1.165) is 44.5 Å². The summed E-state index contributed by atoms with van der Waals surface area (Å²) in [6, 6.07) is 20.1. The number of urea groups is 1. The molecule has 4 heteroatoms. The van der Waals surface area contributed by atoms with Gasteiger partial charge in [0.25, 0.3) is 0 Å². The Morgan fingerprint density at radius 3 is 2.72 bits per heavy atom. The Bertz CT molecular complexity index is 867. The maximum atomic E-state index is 13.2. The lowest BCUT2D eigenvalue weighted by Gasteiger charge is -2.52. The van der Waals surface area contributed by atoms with Gasteiger partial charge < -0.3 is 10.2 Å². The fourth-order valence-corrected chi connectivity index (χ4v) is 5.74. The van der Waals surface area contributed by atoms with Crippen LogP contribution in [0, 0.1) is 5.92 Å². The van der Waals surface area contributed by atoms with Crippen LogP contribution < -0.4 is 5.32 Å². The highest BCUT2D eigenvalue weighted by atomic mass is 16.2. The molecular formula is C25H31N3O. The van der Waals surface area contributed by atoms with Crippen LogP contribution in [0.4, 0.5) is 4.79 Å². The van der Waals surface area contributed by atoms with Gasteiger partial charge in [0.1, 0.15) is 0 Å². The number of piperidine rings is 2. The molecule has 2 aromatic carbocycles. The average Bonchev–Trinajstić information content (AvgIpc) is 2.77. The molecule has 5 rings (SSSR count). The summed E-state index contributed by atoms with van der Waals surface area (Å²) in [6.45, 7) is 5.24. The van der Waals surface area contributed by atoms with Crippen LogP contribution in [0.15, 0.2) is 54.6 Å². The molecule has 0 aromatic heterocycles. The minimum absolute atomic E-state index is 0.0274. The van der Waals surface area contributed by atoms with Crippen LogP contribution in [0.1, 0.15) is 55.0 Å². The van der Waals surface area contributed by atoms with Crippen LogP contribution in [0.3, 0.4) is 0 Å². The summed E-state index contributed by atoms with van der Waals surface area (Å²) in [6.07, 6.45) is 4.58. The van der Waals surface area contributed by atoms with Crippen molar-refractivity contribution in [2.45, 2.75) is 50.7 Å². The van der Waals surface area contributed by atoms with Gasteiger partial charge in [-0.2, -0.15) is 0 Å². The van der Waals surface area contributed by atoms with E-state index in [4.69, 9.17) is 0 Å². The molecule has 1 N–H and O–H groups in total. The highest BCUT2D eigenvalue weighted by molar-refractivity contribution is 5.75. The SMILES string of the molecule is CC(NC(=O)N1CCC[C@@H]2CN3CCc4ccccc4[C@@H]3C[C@@H]21)c1ccccc1. The van der Waals surface area contributed by atoms with Crippen LogP contribution >= 0.6 is 0 Å². The van der Waals surface area contributed by atoms with Gasteiger partial charge in [0.15, 0.2) is 0 Å². The molecule has 0 saturated carbocycles. The van der Waals surface area contributed by atoms with Crippen molar-refractivity contribution in [2.75, 3.05) is 19.6 Å². The van der Waals surface area contributed by atoms with E-state index in [9.17, 15) is 4.79 Å². The fraction of sp³-hybridized carbons (Fsp3) is 0.480. The Labute approximate surface area is 173 Å². The highest BCUT2D eigenvalue weighted by Gasteiger charge is 2.43. The molecule has 0 bridgehead atoms. The maximum Gasteiger partial charge on any atom is 0.318 e. The molecule has 3 aliphatic rings. The van der Waals surface area contributed by atoms with Gasteiger partial charge in [0, 0.05) is 31.7 Å². The Morgan fingerprint density at radius 1 is 1.07 bits per heavy atom. The number of nitrogens with zero attached hydrogens (tertiary/aromatic N) is 2. The molecule has 0 radical (unpaired) electrons. The largest absolute Gasteiger partial charge is 0.331 e. The van der Waals surface area contributed by atoms with Gasteiger partial charge in [-0.25, -0.2) is 4.79 Å². The molecule has 2 fully saturated rings. The lowest BCUT2D eigenvalue weighted by atomic mass is 9.77.